The lowest BCUT2D eigenvalue weighted by Crippen LogP contribution is -1.84. The molecule has 0 bridgehead atoms. The predicted molar refractivity (Wildman–Crippen MR) is 63.9 cm³/mol. The van der Waals surface area contributed by atoms with Crippen molar-refractivity contribution in [3.63, 3.8) is 0 Å². The zero-order valence-electron chi connectivity index (χ0n) is 7.10. The van der Waals surface area contributed by atoms with Crippen molar-refractivity contribution in [3.05, 3.63) is 32.6 Å². The Bertz CT molecular complexity index is 447. The van der Waals surface area contributed by atoms with Crippen LogP contribution in [-0.2, 0) is 6.42 Å². The van der Waals surface area contributed by atoms with Crippen molar-refractivity contribution in [1.29, 1.82) is 0 Å². The fraction of sp³-hybridized carbons (Fsp3) is 0.200. The number of rotatable bonds is 1. The molecule has 0 radical (unpaired) electrons. The first-order valence-electron chi connectivity index (χ1n) is 4.08. The molecule has 0 aliphatic rings. The summed E-state index contributed by atoms with van der Waals surface area (Å²) in [6, 6.07) is 4.13. The van der Waals surface area contributed by atoms with E-state index in [0.29, 0.717) is 0 Å². The highest BCUT2D eigenvalue weighted by molar-refractivity contribution is 9.10. The molecule has 3 heteroatoms. The highest BCUT2D eigenvalue weighted by Gasteiger charge is 2.09. The van der Waals surface area contributed by atoms with Gasteiger partial charge in [-0.1, -0.05) is 18.5 Å². The van der Waals surface area contributed by atoms with E-state index in [-0.39, 0.29) is 0 Å². The van der Waals surface area contributed by atoms with Gasteiger partial charge < -0.3 is 0 Å². The van der Waals surface area contributed by atoms with E-state index in [1.165, 1.54) is 15.6 Å². The first-order chi connectivity index (χ1) is 6.24. The van der Waals surface area contributed by atoms with E-state index in [0.717, 1.165) is 15.9 Å². The third-order valence-electron chi connectivity index (χ3n) is 2.08. The number of hydrogen-bond donors (Lipinski definition) is 0. The average molecular weight is 276 g/mol. The third-order valence-corrected chi connectivity index (χ3v) is 4.51. The van der Waals surface area contributed by atoms with Crippen LogP contribution in [0.1, 0.15) is 12.5 Å². The molecule has 0 unspecified atom stereocenters. The van der Waals surface area contributed by atoms with Crippen LogP contribution >= 0.6 is 38.9 Å². The number of hydrogen-bond acceptors (Lipinski definition) is 1. The molecule has 0 aliphatic heterocycles. The Kier molecular flexibility index (Phi) is 2.63. The van der Waals surface area contributed by atoms with Gasteiger partial charge in [0, 0.05) is 14.2 Å². The smallest absolute Gasteiger partial charge is 0.0488 e. The SMILES string of the molecule is CCc1c(Cl)cc2ccsc2c1Br. The van der Waals surface area contributed by atoms with Crippen molar-refractivity contribution in [2.75, 3.05) is 0 Å². The maximum Gasteiger partial charge on any atom is 0.0488 e. The lowest BCUT2D eigenvalue weighted by Gasteiger charge is -2.05. The van der Waals surface area contributed by atoms with Crippen LogP contribution in [0.4, 0.5) is 0 Å². The summed E-state index contributed by atoms with van der Waals surface area (Å²) >= 11 is 11.5. The van der Waals surface area contributed by atoms with Crippen LogP contribution in [0.15, 0.2) is 22.0 Å². The lowest BCUT2D eigenvalue weighted by atomic mass is 10.1. The van der Waals surface area contributed by atoms with E-state index in [1.807, 2.05) is 6.07 Å². The molecule has 0 atom stereocenters. The maximum absolute atomic E-state index is 6.14. The Hall–Kier alpha value is -0.0500. The molecule has 0 spiro atoms. The molecule has 0 amide bonds. The van der Waals surface area contributed by atoms with Crippen molar-refractivity contribution in [2.24, 2.45) is 0 Å². The van der Waals surface area contributed by atoms with Gasteiger partial charge >= 0.3 is 0 Å². The van der Waals surface area contributed by atoms with Crippen LogP contribution in [0.5, 0.6) is 0 Å². The lowest BCUT2D eigenvalue weighted by molar-refractivity contribution is 1.14. The molecule has 0 nitrogen and oxygen atoms in total. The van der Waals surface area contributed by atoms with Gasteiger partial charge in [0.25, 0.3) is 0 Å². The normalized spacial score (nSPS) is 11.0. The monoisotopic (exact) mass is 274 g/mol. The highest BCUT2D eigenvalue weighted by Crippen LogP contribution is 2.36. The standard InChI is InChI=1S/C10H8BrClS/c1-2-7-8(12)5-6-3-4-13-10(6)9(7)11/h3-5H,2H2,1H3. The van der Waals surface area contributed by atoms with Crippen molar-refractivity contribution in [3.8, 4) is 0 Å². The molecule has 0 aliphatic carbocycles. The fourth-order valence-corrected chi connectivity index (χ4v) is 3.70. The Morgan fingerprint density at radius 2 is 2.31 bits per heavy atom. The molecule has 0 saturated carbocycles. The van der Waals surface area contributed by atoms with E-state index in [4.69, 9.17) is 11.6 Å². The number of halogens is 2. The van der Waals surface area contributed by atoms with Crippen molar-refractivity contribution < 1.29 is 0 Å². The minimum atomic E-state index is 0.861. The molecule has 68 valence electrons. The number of benzene rings is 1. The van der Waals surface area contributed by atoms with E-state index in [9.17, 15) is 0 Å². The molecule has 0 N–H and O–H groups in total. The van der Waals surface area contributed by atoms with Gasteiger partial charge in [0.2, 0.25) is 0 Å². The summed E-state index contributed by atoms with van der Waals surface area (Å²) in [6.07, 6.45) is 0.966. The first kappa shape index (κ1) is 9.50. The Labute approximate surface area is 94.7 Å². The second-order valence-electron chi connectivity index (χ2n) is 2.84. The Morgan fingerprint density at radius 1 is 1.54 bits per heavy atom. The van der Waals surface area contributed by atoms with Crippen LogP contribution in [-0.4, -0.2) is 0 Å². The molecule has 1 aromatic carbocycles. The average Bonchev–Trinajstić information content (AvgIpc) is 2.53. The van der Waals surface area contributed by atoms with Crippen molar-refractivity contribution in [2.45, 2.75) is 13.3 Å². The number of thiophene rings is 1. The topological polar surface area (TPSA) is 0 Å². The zero-order chi connectivity index (χ0) is 9.42. The molecule has 0 fully saturated rings. The van der Waals surface area contributed by atoms with E-state index < -0.39 is 0 Å². The summed E-state index contributed by atoms with van der Waals surface area (Å²) in [4.78, 5) is 0. The predicted octanol–water partition coefficient (Wildman–Crippen LogP) is 4.88. The van der Waals surface area contributed by atoms with Crippen molar-refractivity contribution in [1.82, 2.24) is 0 Å². The van der Waals surface area contributed by atoms with Crippen LogP contribution in [0.25, 0.3) is 10.1 Å². The third kappa shape index (κ3) is 1.51. The molecule has 0 saturated heterocycles. The van der Waals surface area contributed by atoms with Crippen molar-refractivity contribution >= 4 is 49.0 Å². The summed E-state index contributed by atoms with van der Waals surface area (Å²) in [5, 5.41) is 4.17. The molecule has 13 heavy (non-hydrogen) atoms. The van der Waals surface area contributed by atoms with Crippen LogP contribution in [0, 0.1) is 0 Å². The van der Waals surface area contributed by atoms with E-state index in [2.05, 4.69) is 34.3 Å². The van der Waals surface area contributed by atoms with Crippen LogP contribution in [0.3, 0.4) is 0 Å². The first-order valence-corrected chi connectivity index (χ1v) is 6.13. The minimum Gasteiger partial charge on any atom is -0.143 e. The molecule has 2 aromatic rings. The molecule has 1 heterocycles. The van der Waals surface area contributed by atoms with Crippen LogP contribution in [0.2, 0.25) is 5.02 Å². The van der Waals surface area contributed by atoms with E-state index >= 15 is 0 Å². The van der Waals surface area contributed by atoms with E-state index in [1.54, 1.807) is 11.3 Å². The molecular formula is C10H8BrClS. The summed E-state index contributed by atoms with van der Waals surface area (Å²) in [6.45, 7) is 2.12. The van der Waals surface area contributed by atoms with Gasteiger partial charge in [-0.3, -0.25) is 0 Å². The molecule has 2 rings (SSSR count). The van der Waals surface area contributed by atoms with Crippen LogP contribution < -0.4 is 0 Å². The second kappa shape index (κ2) is 3.60. The molecule has 1 aromatic heterocycles. The van der Waals surface area contributed by atoms with Gasteiger partial charge in [0.15, 0.2) is 0 Å². The van der Waals surface area contributed by atoms with Gasteiger partial charge in [-0.15, -0.1) is 11.3 Å². The maximum atomic E-state index is 6.14. The number of fused-ring (bicyclic) bond motifs is 1. The summed E-state index contributed by atoms with van der Waals surface area (Å²) in [7, 11) is 0. The minimum absolute atomic E-state index is 0.861. The highest BCUT2D eigenvalue weighted by atomic mass is 79.9. The van der Waals surface area contributed by atoms with Gasteiger partial charge in [-0.05, 0) is 50.8 Å². The molecular weight excluding hydrogens is 268 g/mol. The second-order valence-corrected chi connectivity index (χ2v) is 4.96. The Morgan fingerprint density at radius 3 is 3.00 bits per heavy atom. The quantitative estimate of drug-likeness (QED) is 0.696. The summed E-state index contributed by atoms with van der Waals surface area (Å²) in [5.41, 5.74) is 1.21. The largest absolute Gasteiger partial charge is 0.143 e. The van der Waals surface area contributed by atoms with Gasteiger partial charge in [-0.25, -0.2) is 0 Å². The fourth-order valence-electron chi connectivity index (χ4n) is 1.40. The summed E-state index contributed by atoms with van der Waals surface area (Å²) in [5.74, 6) is 0. The van der Waals surface area contributed by atoms with Gasteiger partial charge in [0.05, 0.1) is 0 Å². The Balaban J connectivity index is 2.85. The van der Waals surface area contributed by atoms with Gasteiger partial charge in [-0.2, -0.15) is 0 Å². The van der Waals surface area contributed by atoms with Gasteiger partial charge in [0.1, 0.15) is 0 Å². The summed E-state index contributed by atoms with van der Waals surface area (Å²) < 4.78 is 2.45. The zero-order valence-corrected chi connectivity index (χ0v) is 10.3.